The van der Waals surface area contributed by atoms with E-state index in [0.29, 0.717) is 16.6 Å². The Kier molecular flexibility index (Phi) is 4.98. The van der Waals surface area contributed by atoms with Crippen molar-refractivity contribution in [2.75, 3.05) is 0 Å². The second-order valence-corrected chi connectivity index (χ2v) is 7.20. The van der Waals surface area contributed by atoms with E-state index in [1.807, 2.05) is 26.0 Å². The summed E-state index contributed by atoms with van der Waals surface area (Å²) in [6.45, 7) is 4.06. The van der Waals surface area contributed by atoms with E-state index in [0.717, 1.165) is 11.3 Å². The molecule has 0 aliphatic rings. The molecule has 3 aromatic heterocycles. The smallest absolute Gasteiger partial charge is 0.268 e. The summed E-state index contributed by atoms with van der Waals surface area (Å²) in [4.78, 5) is 35.3. The van der Waals surface area contributed by atoms with E-state index in [2.05, 4.69) is 16.0 Å². The molecule has 0 aliphatic heterocycles. The summed E-state index contributed by atoms with van der Waals surface area (Å²) in [5, 5.41) is 9.84. The number of nitrogens with zero attached hydrogens (tertiary/aromatic N) is 5. The van der Waals surface area contributed by atoms with Crippen LogP contribution in [0.25, 0.3) is 16.7 Å². The Hall–Kier alpha value is -4.05. The number of aromatic nitrogens is 4. The number of fused-ring (bicyclic) bond motifs is 1. The van der Waals surface area contributed by atoms with Gasteiger partial charge in [-0.05, 0) is 48.9 Å². The van der Waals surface area contributed by atoms with Crippen LogP contribution in [0.15, 0.2) is 70.5 Å². The number of aryl methyl sites for hydroxylation is 1. The first-order chi connectivity index (χ1) is 14.5. The Morgan fingerprint density at radius 2 is 1.87 bits per heavy atom. The molecule has 0 radical (unpaired) electrons. The van der Waals surface area contributed by atoms with Crippen LogP contribution in [0.4, 0.5) is 0 Å². The van der Waals surface area contributed by atoms with Crippen LogP contribution in [-0.4, -0.2) is 19.1 Å². The molecule has 0 bridgehead atoms. The highest BCUT2D eigenvalue weighted by atomic mass is 16.2. The predicted molar refractivity (Wildman–Crippen MR) is 114 cm³/mol. The van der Waals surface area contributed by atoms with E-state index in [4.69, 9.17) is 0 Å². The maximum Gasteiger partial charge on any atom is 0.337 e. The first-order valence-corrected chi connectivity index (χ1v) is 9.54. The lowest BCUT2D eigenvalue weighted by molar-refractivity contribution is 0.540. The number of hydrogen-bond donors (Lipinski definition) is 0. The van der Waals surface area contributed by atoms with Gasteiger partial charge in [0.05, 0.1) is 16.6 Å². The van der Waals surface area contributed by atoms with Gasteiger partial charge in [-0.2, -0.15) is 5.26 Å². The molecule has 0 N–H and O–H groups in total. The van der Waals surface area contributed by atoms with E-state index in [-0.39, 0.29) is 18.1 Å². The second kappa shape index (κ2) is 7.76. The van der Waals surface area contributed by atoms with Crippen LogP contribution in [0.1, 0.15) is 29.7 Å². The standard InChI is InChI=1S/C23H19N5O2/c1-15-9-11-25-19(12-15)16(2)14-27-22(29)18-7-5-10-26-21(18)28(23(27)30)20-8-4-3-6-17(20)13-24/h3-12,16H,14H2,1-2H3. The fraction of sp³-hybridized carbons (Fsp3) is 0.174. The minimum absolute atomic E-state index is 0.160. The molecule has 0 saturated heterocycles. The quantitative estimate of drug-likeness (QED) is 0.528. The summed E-state index contributed by atoms with van der Waals surface area (Å²) < 4.78 is 2.54. The molecule has 0 saturated carbocycles. The van der Waals surface area contributed by atoms with E-state index < -0.39 is 11.2 Å². The molecular weight excluding hydrogens is 378 g/mol. The van der Waals surface area contributed by atoms with Gasteiger partial charge in [0, 0.05) is 30.6 Å². The molecule has 148 valence electrons. The molecule has 30 heavy (non-hydrogen) atoms. The van der Waals surface area contributed by atoms with Gasteiger partial charge in [0.1, 0.15) is 6.07 Å². The van der Waals surface area contributed by atoms with Crippen LogP contribution in [0.5, 0.6) is 0 Å². The Morgan fingerprint density at radius 3 is 2.63 bits per heavy atom. The monoisotopic (exact) mass is 397 g/mol. The van der Waals surface area contributed by atoms with Crippen molar-refractivity contribution in [3.8, 4) is 11.8 Å². The fourth-order valence-electron chi connectivity index (χ4n) is 3.52. The zero-order valence-electron chi connectivity index (χ0n) is 16.6. The van der Waals surface area contributed by atoms with Crippen LogP contribution in [-0.2, 0) is 6.54 Å². The molecule has 0 spiro atoms. The number of benzene rings is 1. The average Bonchev–Trinajstić information content (AvgIpc) is 2.77. The van der Waals surface area contributed by atoms with Crippen LogP contribution < -0.4 is 11.2 Å². The maximum absolute atomic E-state index is 13.5. The maximum atomic E-state index is 13.5. The van der Waals surface area contributed by atoms with Gasteiger partial charge in [-0.3, -0.25) is 14.3 Å². The summed E-state index contributed by atoms with van der Waals surface area (Å²) in [6, 6.07) is 16.0. The molecule has 1 atom stereocenters. The topological polar surface area (TPSA) is 93.6 Å². The zero-order chi connectivity index (χ0) is 21.3. The Morgan fingerprint density at radius 1 is 1.07 bits per heavy atom. The van der Waals surface area contributed by atoms with Gasteiger partial charge in [-0.1, -0.05) is 19.1 Å². The highest BCUT2D eigenvalue weighted by molar-refractivity contribution is 5.76. The molecular formula is C23H19N5O2. The van der Waals surface area contributed by atoms with E-state index in [1.165, 1.54) is 15.3 Å². The van der Waals surface area contributed by atoms with Crippen LogP contribution in [0.3, 0.4) is 0 Å². The van der Waals surface area contributed by atoms with Crippen LogP contribution >= 0.6 is 0 Å². The van der Waals surface area contributed by atoms with Crippen molar-refractivity contribution in [3.05, 3.63) is 98.6 Å². The molecule has 0 aliphatic carbocycles. The molecule has 7 nitrogen and oxygen atoms in total. The van der Waals surface area contributed by atoms with Gasteiger partial charge >= 0.3 is 5.69 Å². The van der Waals surface area contributed by atoms with Crippen molar-refractivity contribution < 1.29 is 0 Å². The van der Waals surface area contributed by atoms with Gasteiger partial charge in [0.25, 0.3) is 5.56 Å². The number of hydrogen-bond acceptors (Lipinski definition) is 5. The predicted octanol–water partition coefficient (Wildman–Crippen LogP) is 2.93. The Balaban J connectivity index is 1.97. The first-order valence-electron chi connectivity index (χ1n) is 9.54. The van der Waals surface area contributed by atoms with Gasteiger partial charge in [-0.25, -0.2) is 14.3 Å². The molecule has 0 amide bonds. The summed E-state index contributed by atoms with van der Waals surface area (Å²) in [5.74, 6) is -0.163. The van der Waals surface area contributed by atoms with E-state index in [9.17, 15) is 14.9 Å². The summed E-state index contributed by atoms with van der Waals surface area (Å²) in [5.41, 5.74) is 1.86. The minimum atomic E-state index is -0.534. The third-order valence-electron chi connectivity index (χ3n) is 5.06. The number of para-hydroxylation sites is 1. The largest absolute Gasteiger partial charge is 0.337 e. The van der Waals surface area contributed by atoms with Crippen LogP contribution in [0.2, 0.25) is 0 Å². The van der Waals surface area contributed by atoms with Gasteiger partial charge < -0.3 is 0 Å². The SMILES string of the molecule is Cc1ccnc(C(C)Cn2c(=O)c3cccnc3n(-c3ccccc3C#N)c2=O)c1. The first kappa shape index (κ1) is 19.3. The highest BCUT2D eigenvalue weighted by Gasteiger charge is 2.19. The third kappa shape index (κ3) is 3.29. The summed E-state index contributed by atoms with van der Waals surface area (Å²) in [7, 11) is 0. The summed E-state index contributed by atoms with van der Waals surface area (Å²) in [6.07, 6.45) is 3.24. The van der Waals surface area contributed by atoms with Gasteiger partial charge in [0.15, 0.2) is 5.65 Å². The van der Waals surface area contributed by atoms with Gasteiger partial charge in [0.2, 0.25) is 0 Å². The van der Waals surface area contributed by atoms with E-state index >= 15 is 0 Å². The number of rotatable bonds is 4. The molecule has 1 unspecified atom stereocenters. The molecule has 7 heteroatoms. The molecule has 0 fully saturated rings. The van der Waals surface area contributed by atoms with E-state index in [1.54, 1.807) is 42.6 Å². The van der Waals surface area contributed by atoms with Crippen molar-refractivity contribution in [3.63, 3.8) is 0 Å². The molecule has 4 aromatic rings. The molecule has 3 heterocycles. The average molecular weight is 397 g/mol. The van der Waals surface area contributed by atoms with Crippen molar-refractivity contribution in [1.82, 2.24) is 19.1 Å². The zero-order valence-corrected chi connectivity index (χ0v) is 16.6. The molecule has 1 aromatic carbocycles. The number of pyridine rings is 2. The summed E-state index contributed by atoms with van der Waals surface area (Å²) >= 11 is 0. The third-order valence-corrected chi connectivity index (χ3v) is 5.06. The molecule has 4 rings (SSSR count). The van der Waals surface area contributed by atoms with Crippen molar-refractivity contribution >= 4 is 11.0 Å². The normalized spacial score (nSPS) is 11.9. The Labute approximate surface area is 172 Å². The fourth-order valence-corrected chi connectivity index (χ4v) is 3.52. The van der Waals surface area contributed by atoms with Gasteiger partial charge in [-0.15, -0.1) is 0 Å². The lowest BCUT2D eigenvalue weighted by Crippen LogP contribution is -2.41. The highest BCUT2D eigenvalue weighted by Crippen LogP contribution is 2.18. The lowest BCUT2D eigenvalue weighted by atomic mass is 10.1. The van der Waals surface area contributed by atoms with Crippen LogP contribution in [0, 0.1) is 18.3 Å². The van der Waals surface area contributed by atoms with Crippen molar-refractivity contribution in [1.29, 1.82) is 5.26 Å². The minimum Gasteiger partial charge on any atom is -0.268 e. The van der Waals surface area contributed by atoms with Crippen molar-refractivity contribution in [2.24, 2.45) is 0 Å². The van der Waals surface area contributed by atoms with Crippen molar-refractivity contribution in [2.45, 2.75) is 26.3 Å². The Bertz CT molecular complexity index is 1410. The lowest BCUT2D eigenvalue weighted by Gasteiger charge is -2.17. The number of nitriles is 1. The second-order valence-electron chi connectivity index (χ2n) is 7.20.